The van der Waals surface area contributed by atoms with Crippen LogP contribution in [0.15, 0.2) is 0 Å². The van der Waals surface area contributed by atoms with E-state index < -0.39 is 0 Å². The first-order valence-corrected chi connectivity index (χ1v) is 5.61. The molecular formula is C12H25NO2. The third-order valence-corrected chi connectivity index (χ3v) is 1.87. The SMILES string of the molecule is CC(C)(N)CCCCC(=O)OC(C)(C)C. The zero-order valence-electron chi connectivity index (χ0n) is 10.7. The monoisotopic (exact) mass is 215 g/mol. The van der Waals surface area contributed by atoms with Crippen molar-refractivity contribution < 1.29 is 9.53 Å². The molecule has 0 saturated carbocycles. The maximum absolute atomic E-state index is 11.3. The number of carbonyl (C=O) groups excluding carboxylic acids is 1. The molecule has 2 N–H and O–H groups in total. The molecule has 0 aromatic carbocycles. The van der Waals surface area contributed by atoms with Gasteiger partial charge in [-0.25, -0.2) is 0 Å². The summed E-state index contributed by atoms with van der Waals surface area (Å²) in [7, 11) is 0. The fourth-order valence-corrected chi connectivity index (χ4v) is 1.24. The van der Waals surface area contributed by atoms with Crippen LogP contribution in [0.4, 0.5) is 0 Å². The van der Waals surface area contributed by atoms with E-state index in [4.69, 9.17) is 10.5 Å². The minimum Gasteiger partial charge on any atom is -0.460 e. The first-order chi connectivity index (χ1) is 6.60. The van der Waals surface area contributed by atoms with Crippen LogP contribution in [0.1, 0.15) is 60.3 Å². The first kappa shape index (κ1) is 14.4. The van der Waals surface area contributed by atoms with Crippen LogP contribution >= 0.6 is 0 Å². The van der Waals surface area contributed by atoms with Crippen molar-refractivity contribution in [3.63, 3.8) is 0 Å². The molecule has 0 aliphatic rings. The zero-order valence-corrected chi connectivity index (χ0v) is 10.7. The fourth-order valence-electron chi connectivity index (χ4n) is 1.24. The average molecular weight is 215 g/mol. The highest BCUT2D eigenvalue weighted by Gasteiger charge is 2.16. The molecule has 0 saturated heterocycles. The highest BCUT2D eigenvalue weighted by atomic mass is 16.6. The minimum absolute atomic E-state index is 0.114. The summed E-state index contributed by atoms with van der Waals surface area (Å²) < 4.78 is 5.20. The summed E-state index contributed by atoms with van der Waals surface area (Å²) in [5.74, 6) is -0.114. The lowest BCUT2D eigenvalue weighted by molar-refractivity contribution is -0.154. The first-order valence-electron chi connectivity index (χ1n) is 5.61. The largest absolute Gasteiger partial charge is 0.460 e. The number of unbranched alkanes of at least 4 members (excludes halogenated alkanes) is 1. The summed E-state index contributed by atoms with van der Waals surface area (Å²) in [5, 5.41) is 0. The molecule has 15 heavy (non-hydrogen) atoms. The van der Waals surface area contributed by atoms with E-state index in [1.807, 2.05) is 34.6 Å². The molecule has 0 aromatic rings. The lowest BCUT2D eigenvalue weighted by Gasteiger charge is -2.20. The third-order valence-electron chi connectivity index (χ3n) is 1.87. The number of nitrogens with two attached hydrogens (primary N) is 1. The van der Waals surface area contributed by atoms with E-state index in [-0.39, 0.29) is 17.1 Å². The van der Waals surface area contributed by atoms with Gasteiger partial charge in [0.1, 0.15) is 5.60 Å². The lowest BCUT2D eigenvalue weighted by Crippen LogP contribution is -2.31. The summed E-state index contributed by atoms with van der Waals surface area (Å²) in [4.78, 5) is 11.3. The van der Waals surface area contributed by atoms with Gasteiger partial charge in [-0.15, -0.1) is 0 Å². The van der Waals surface area contributed by atoms with E-state index in [9.17, 15) is 4.79 Å². The highest BCUT2D eigenvalue weighted by Crippen LogP contribution is 2.13. The van der Waals surface area contributed by atoms with Crippen LogP contribution < -0.4 is 5.73 Å². The molecule has 0 unspecified atom stereocenters. The second-order valence-corrected chi connectivity index (χ2v) is 5.78. The molecule has 0 spiro atoms. The average Bonchev–Trinajstić information content (AvgIpc) is 1.92. The smallest absolute Gasteiger partial charge is 0.306 e. The Morgan fingerprint density at radius 2 is 1.67 bits per heavy atom. The molecule has 0 fully saturated rings. The van der Waals surface area contributed by atoms with E-state index in [0.29, 0.717) is 6.42 Å². The fraction of sp³-hybridized carbons (Fsp3) is 0.917. The Morgan fingerprint density at radius 1 is 1.13 bits per heavy atom. The predicted molar refractivity (Wildman–Crippen MR) is 62.6 cm³/mol. The quantitative estimate of drug-likeness (QED) is 0.566. The number of esters is 1. The van der Waals surface area contributed by atoms with Crippen LogP contribution in [-0.4, -0.2) is 17.1 Å². The zero-order chi connectivity index (χ0) is 12.1. The molecule has 0 rings (SSSR count). The maximum Gasteiger partial charge on any atom is 0.306 e. The Bertz CT molecular complexity index is 199. The molecule has 0 heterocycles. The molecule has 3 heteroatoms. The van der Waals surface area contributed by atoms with Crippen LogP contribution in [-0.2, 0) is 9.53 Å². The van der Waals surface area contributed by atoms with E-state index in [2.05, 4.69) is 0 Å². The molecule has 0 aromatic heterocycles. The van der Waals surface area contributed by atoms with Gasteiger partial charge < -0.3 is 10.5 Å². The molecule has 0 bridgehead atoms. The van der Waals surface area contributed by atoms with Crippen molar-refractivity contribution in [1.82, 2.24) is 0 Å². The number of carbonyl (C=O) groups is 1. The van der Waals surface area contributed by atoms with Gasteiger partial charge in [0.15, 0.2) is 0 Å². The number of ether oxygens (including phenoxy) is 1. The Balaban J connectivity index is 3.57. The van der Waals surface area contributed by atoms with Gasteiger partial charge in [0, 0.05) is 12.0 Å². The molecule has 0 radical (unpaired) electrons. The summed E-state index contributed by atoms with van der Waals surface area (Å²) in [6.45, 7) is 9.65. The van der Waals surface area contributed by atoms with Gasteiger partial charge in [-0.3, -0.25) is 4.79 Å². The Kier molecular flexibility index (Phi) is 5.29. The van der Waals surface area contributed by atoms with Gasteiger partial charge >= 0.3 is 5.97 Å². The molecule has 90 valence electrons. The van der Waals surface area contributed by atoms with Crippen molar-refractivity contribution in [3.05, 3.63) is 0 Å². The van der Waals surface area contributed by atoms with E-state index in [0.717, 1.165) is 19.3 Å². The predicted octanol–water partition coefficient (Wildman–Crippen LogP) is 2.63. The molecule has 0 aliphatic carbocycles. The summed E-state index contributed by atoms with van der Waals surface area (Å²) >= 11 is 0. The van der Waals surface area contributed by atoms with Crippen molar-refractivity contribution >= 4 is 5.97 Å². The second kappa shape index (κ2) is 5.50. The number of hydrogen-bond acceptors (Lipinski definition) is 3. The highest BCUT2D eigenvalue weighted by molar-refractivity contribution is 5.69. The Morgan fingerprint density at radius 3 is 2.07 bits per heavy atom. The molecule has 0 aliphatic heterocycles. The second-order valence-electron chi connectivity index (χ2n) is 5.78. The van der Waals surface area contributed by atoms with Crippen LogP contribution in [0, 0.1) is 0 Å². The van der Waals surface area contributed by atoms with Gasteiger partial charge in [-0.05, 0) is 47.5 Å². The van der Waals surface area contributed by atoms with Gasteiger partial charge in [0.05, 0.1) is 0 Å². The summed E-state index contributed by atoms with van der Waals surface area (Å²) in [5.41, 5.74) is 5.34. The maximum atomic E-state index is 11.3. The van der Waals surface area contributed by atoms with Crippen LogP contribution in [0.5, 0.6) is 0 Å². The Labute approximate surface area is 93.4 Å². The van der Waals surface area contributed by atoms with E-state index >= 15 is 0 Å². The van der Waals surface area contributed by atoms with Gasteiger partial charge in [-0.2, -0.15) is 0 Å². The van der Waals surface area contributed by atoms with Crippen LogP contribution in [0.2, 0.25) is 0 Å². The molecular weight excluding hydrogens is 190 g/mol. The van der Waals surface area contributed by atoms with Gasteiger partial charge in [0.2, 0.25) is 0 Å². The van der Waals surface area contributed by atoms with Gasteiger partial charge in [0.25, 0.3) is 0 Å². The van der Waals surface area contributed by atoms with Crippen molar-refractivity contribution in [2.45, 2.75) is 71.4 Å². The van der Waals surface area contributed by atoms with Crippen LogP contribution in [0.25, 0.3) is 0 Å². The third kappa shape index (κ3) is 11.4. The number of rotatable bonds is 5. The summed E-state index contributed by atoms with van der Waals surface area (Å²) in [6, 6.07) is 0. The normalized spacial score (nSPS) is 12.7. The lowest BCUT2D eigenvalue weighted by atomic mass is 9.98. The van der Waals surface area contributed by atoms with Crippen molar-refractivity contribution in [3.8, 4) is 0 Å². The van der Waals surface area contributed by atoms with Crippen molar-refractivity contribution in [2.24, 2.45) is 5.73 Å². The molecule has 0 amide bonds. The van der Waals surface area contributed by atoms with E-state index in [1.54, 1.807) is 0 Å². The standard InChI is InChI=1S/C12H25NO2/c1-11(2,3)15-10(14)8-6-7-9-12(4,5)13/h6-9,13H2,1-5H3. The Hall–Kier alpha value is -0.570. The van der Waals surface area contributed by atoms with E-state index in [1.165, 1.54) is 0 Å². The number of hydrogen-bond donors (Lipinski definition) is 1. The topological polar surface area (TPSA) is 52.3 Å². The van der Waals surface area contributed by atoms with Crippen molar-refractivity contribution in [2.75, 3.05) is 0 Å². The van der Waals surface area contributed by atoms with Crippen molar-refractivity contribution in [1.29, 1.82) is 0 Å². The van der Waals surface area contributed by atoms with Crippen LogP contribution in [0.3, 0.4) is 0 Å². The molecule has 0 atom stereocenters. The summed E-state index contributed by atoms with van der Waals surface area (Å²) in [6.07, 6.45) is 3.27. The van der Waals surface area contributed by atoms with Gasteiger partial charge in [-0.1, -0.05) is 6.42 Å². The molecule has 3 nitrogen and oxygen atoms in total. The minimum atomic E-state index is -0.371.